The fourth-order valence-corrected chi connectivity index (χ4v) is 2.13. The molecule has 0 aliphatic carbocycles. The smallest absolute Gasteiger partial charge is 0.147 e. The summed E-state index contributed by atoms with van der Waals surface area (Å²) in [4.78, 5) is 0. The highest BCUT2D eigenvalue weighted by atomic mass is 35.5. The molecule has 0 unspecified atom stereocenters. The van der Waals surface area contributed by atoms with Crippen molar-refractivity contribution in [1.29, 1.82) is 0 Å². The topological polar surface area (TPSA) is 35.2 Å². The third-order valence-corrected chi connectivity index (χ3v) is 3.72. The van der Waals surface area contributed by atoms with Gasteiger partial charge in [-0.2, -0.15) is 0 Å². The van der Waals surface area contributed by atoms with Crippen molar-refractivity contribution in [3.63, 3.8) is 0 Å². The lowest BCUT2D eigenvalue weighted by Gasteiger charge is -2.16. The van der Waals surface area contributed by atoms with Crippen LogP contribution in [0.2, 0.25) is 10.0 Å². The summed E-state index contributed by atoms with van der Waals surface area (Å²) in [5, 5.41) is 0.706. The van der Waals surface area contributed by atoms with E-state index in [-0.39, 0.29) is 11.9 Å². The molecule has 20 heavy (non-hydrogen) atoms. The molecule has 2 rings (SSSR count). The van der Waals surface area contributed by atoms with Gasteiger partial charge in [0, 0.05) is 11.6 Å². The Bertz CT molecular complexity index is 644. The molecule has 0 aliphatic rings. The molecule has 0 fully saturated rings. The SMILES string of the molecule is Cc1cc(Oc2cccc(Cl)c2Cl)c([C@@H](C)N)cc1F. The summed E-state index contributed by atoms with van der Waals surface area (Å²) in [6.45, 7) is 3.42. The molecule has 0 saturated carbocycles. The van der Waals surface area contributed by atoms with E-state index in [4.69, 9.17) is 33.7 Å². The van der Waals surface area contributed by atoms with E-state index in [1.807, 2.05) is 0 Å². The van der Waals surface area contributed by atoms with E-state index in [9.17, 15) is 4.39 Å². The Morgan fingerprint density at radius 2 is 1.90 bits per heavy atom. The maximum absolute atomic E-state index is 13.6. The third-order valence-electron chi connectivity index (χ3n) is 2.92. The molecule has 1 atom stereocenters. The Morgan fingerprint density at radius 3 is 2.55 bits per heavy atom. The van der Waals surface area contributed by atoms with Gasteiger partial charge in [-0.05, 0) is 43.7 Å². The van der Waals surface area contributed by atoms with Crippen LogP contribution in [0.3, 0.4) is 0 Å². The first-order valence-electron chi connectivity index (χ1n) is 6.07. The lowest BCUT2D eigenvalue weighted by atomic mass is 10.1. The molecule has 0 radical (unpaired) electrons. The second-order valence-corrected chi connectivity index (χ2v) is 5.37. The average molecular weight is 314 g/mol. The molecule has 0 saturated heterocycles. The number of ether oxygens (including phenoxy) is 1. The van der Waals surface area contributed by atoms with E-state index < -0.39 is 0 Å². The quantitative estimate of drug-likeness (QED) is 0.839. The molecule has 2 N–H and O–H groups in total. The van der Waals surface area contributed by atoms with E-state index in [0.717, 1.165) is 0 Å². The standard InChI is InChI=1S/C15H14Cl2FNO/c1-8-6-14(10(9(2)19)7-12(8)18)20-13-5-3-4-11(16)15(13)17/h3-7,9H,19H2,1-2H3/t9-/m1/s1. The van der Waals surface area contributed by atoms with Gasteiger partial charge in [0.25, 0.3) is 0 Å². The van der Waals surface area contributed by atoms with Crippen LogP contribution in [0.4, 0.5) is 4.39 Å². The summed E-state index contributed by atoms with van der Waals surface area (Å²) in [6, 6.07) is 7.71. The van der Waals surface area contributed by atoms with Crippen molar-refractivity contribution in [2.45, 2.75) is 19.9 Å². The van der Waals surface area contributed by atoms with Crippen LogP contribution < -0.4 is 10.5 Å². The lowest BCUT2D eigenvalue weighted by Crippen LogP contribution is -2.08. The minimum Gasteiger partial charge on any atom is -0.455 e. The molecule has 2 nitrogen and oxygen atoms in total. The normalized spacial score (nSPS) is 12.3. The van der Waals surface area contributed by atoms with Crippen molar-refractivity contribution in [1.82, 2.24) is 0 Å². The molecular formula is C15H14Cl2FNO. The Hall–Kier alpha value is -1.29. The van der Waals surface area contributed by atoms with Crippen LogP contribution in [0.1, 0.15) is 24.1 Å². The maximum atomic E-state index is 13.6. The number of halogens is 3. The minimum absolute atomic E-state index is 0.312. The molecule has 0 spiro atoms. The first kappa shape index (κ1) is 15.1. The summed E-state index contributed by atoms with van der Waals surface area (Å²) >= 11 is 12.0. The molecule has 2 aromatic rings. The van der Waals surface area contributed by atoms with Gasteiger partial charge in [0.2, 0.25) is 0 Å². The van der Waals surface area contributed by atoms with Gasteiger partial charge in [0.05, 0.1) is 5.02 Å². The molecule has 5 heteroatoms. The molecule has 0 amide bonds. The van der Waals surface area contributed by atoms with Crippen molar-refractivity contribution >= 4 is 23.2 Å². The number of rotatable bonds is 3. The molecular weight excluding hydrogens is 300 g/mol. The second-order valence-electron chi connectivity index (χ2n) is 4.58. The predicted octanol–water partition coefficient (Wildman–Crippen LogP) is 5.25. The fraction of sp³-hybridized carbons (Fsp3) is 0.200. The zero-order valence-electron chi connectivity index (χ0n) is 11.1. The summed E-state index contributed by atoms with van der Waals surface area (Å²) in [7, 11) is 0. The van der Waals surface area contributed by atoms with Crippen molar-refractivity contribution in [2.75, 3.05) is 0 Å². The second kappa shape index (κ2) is 6.00. The Morgan fingerprint density at radius 1 is 1.20 bits per heavy atom. The van der Waals surface area contributed by atoms with E-state index >= 15 is 0 Å². The first-order valence-corrected chi connectivity index (χ1v) is 6.83. The molecule has 0 heterocycles. The van der Waals surface area contributed by atoms with Crippen LogP contribution in [-0.4, -0.2) is 0 Å². The van der Waals surface area contributed by atoms with E-state index in [0.29, 0.717) is 32.7 Å². The summed E-state index contributed by atoms with van der Waals surface area (Å²) in [6.07, 6.45) is 0. The van der Waals surface area contributed by atoms with Crippen molar-refractivity contribution in [3.05, 3.63) is 57.3 Å². The van der Waals surface area contributed by atoms with Gasteiger partial charge in [0.1, 0.15) is 22.3 Å². The highest BCUT2D eigenvalue weighted by Crippen LogP contribution is 2.37. The highest BCUT2D eigenvalue weighted by molar-refractivity contribution is 6.42. The van der Waals surface area contributed by atoms with Crippen LogP contribution in [-0.2, 0) is 0 Å². The molecule has 0 aliphatic heterocycles. The zero-order chi connectivity index (χ0) is 14.9. The highest BCUT2D eigenvalue weighted by Gasteiger charge is 2.15. The van der Waals surface area contributed by atoms with Gasteiger partial charge in [-0.1, -0.05) is 29.3 Å². The van der Waals surface area contributed by atoms with Crippen LogP contribution in [0.15, 0.2) is 30.3 Å². The Labute approximate surface area is 127 Å². The van der Waals surface area contributed by atoms with Gasteiger partial charge in [-0.15, -0.1) is 0 Å². The van der Waals surface area contributed by atoms with E-state index in [1.54, 1.807) is 38.1 Å². The summed E-state index contributed by atoms with van der Waals surface area (Å²) in [5.41, 5.74) is 6.90. The van der Waals surface area contributed by atoms with Crippen molar-refractivity contribution in [2.24, 2.45) is 5.73 Å². The lowest BCUT2D eigenvalue weighted by molar-refractivity contribution is 0.468. The van der Waals surface area contributed by atoms with Gasteiger partial charge in [-0.3, -0.25) is 0 Å². The van der Waals surface area contributed by atoms with E-state index in [1.165, 1.54) is 6.07 Å². The molecule has 0 bridgehead atoms. The number of hydrogen-bond donors (Lipinski definition) is 1. The maximum Gasteiger partial charge on any atom is 0.147 e. The van der Waals surface area contributed by atoms with Crippen LogP contribution in [0.5, 0.6) is 11.5 Å². The minimum atomic E-state index is -0.363. The van der Waals surface area contributed by atoms with Gasteiger partial charge >= 0.3 is 0 Å². The Kier molecular flexibility index (Phi) is 4.53. The van der Waals surface area contributed by atoms with Gasteiger partial charge in [0.15, 0.2) is 0 Å². The summed E-state index contributed by atoms with van der Waals surface area (Å²) < 4.78 is 19.4. The number of hydrogen-bond acceptors (Lipinski definition) is 2. The molecule has 2 aromatic carbocycles. The molecule has 0 aromatic heterocycles. The van der Waals surface area contributed by atoms with Crippen LogP contribution >= 0.6 is 23.2 Å². The van der Waals surface area contributed by atoms with E-state index in [2.05, 4.69) is 0 Å². The predicted molar refractivity (Wildman–Crippen MR) is 80.3 cm³/mol. The number of aryl methyl sites for hydroxylation is 1. The van der Waals surface area contributed by atoms with Crippen LogP contribution in [0.25, 0.3) is 0 Å². The third kappa shape index (κ3) is 3.06. The summed E-state index contributed by atoms with van der Waals surface area (Å²) in [5.74, 6) is 0.567. The molecule has 106 valence electrons. The first-order chi connectivity index (χ1) is 9.40. The average Bonchev–Trinajstić information content (AvgIpc) is 2.38. The fourth-order valence-electron chi connectivity index (χ4n) is 1.80. The monoisotopic (exact) mass is 313 g/mol. The largest absolute Gasteiger partial charge is 0.455 e. The van der Waals surface area contributed by atoms with Gasteiger partial charge < -0.3 is 10.5 Å². The van der Waals surface area contributed by atoms with Crippen molar-refractivity contribution < 1.29 is 9.13 Å². The van der Waals surface area contributed by atoms with Crippen molar-refractivity contribution in [3.8, 4) is 11.5 Å². The van der Waals surface area contributed by atoms with Crippen LogP contribution in [0, 0.1) is 12.7 Å². The number of benzene rings is 2. The zero-order valence-corrected chi connectivity index (χ0v) is 12.6. The number of nitrogens with two attached hydrogens (primary N) is 1. The Balaban J connectivity index is 2.47. The van der Waals surface area contributed by atoms with Gasteiger partial charge in [-0.25, -0.2) is 4.39 Å².